The molecule has 0 saturated heterocycles. The lowest BCUT2D eigenvalue weighted by molar-refractivity contribution is -0.0429. The Balaban J connectivity index is 3.20. The topological polar surface area (TPSA) is 83.5 Å². The summed E-state index contributed by atoms with van der Waals surface area (Å²) in [5.74, 6) is -1.37. The van der Waals surface area contributed by atoms with Crippen molar-refractivity contribution in [2.75, 3.05) is 4.72 Å². The highest BCUT2D eigenvalue weighted by molar-refractivity contribution is 7.93. The van der Waals surface area contributed by atoms with Crippen LogP contribution in [0.4, 0.5) is 18.9 Å². The normalized spacial score (nSPS) is 12.2. The lowest BCUT2D eigenvalue weighted by Gasteiger charge is -2.12. The molecule has 0 aromatic heterocycles. The Morgan fingerprint density at radius 3 is 2.33 bits per heavy atom. The average molecular weight is 283 g/mol. The molecule has 0 atom stereocenters. The molecule has 0 aliphatic rings. The van der Waals surface area contributed by atoms with Crippen molar-refractivity contribution in [2.24, 2.45) is 0 Å². The van der Waals surface area contributed by atoms with Gasteiger partial charge in [-0.3, -0.25) is 4.72 Å². The molecule has 0 unspecified atom stereocenters. The van der Waals surface area contributed by atoms with Gasteiger partial charge in [0.1, 0.15) is 0 Å². The standard InChI is InChI=1S/C9H8F3NO4S/c1-5-2-3-6(8(14)15)4-7(5)13-18(16,17)9(10,11)12/h2-4,13H,1H3,(H,14,15). The smallest absolute Gasteiger partial charge is 0.478 e. The van der Waals surface area contributed by atoms with Crippen molar-refractivity contribution < 1.29 is 31.5 Å². The molecule has 0 radical (unpaired) electrons. The Bertz CT molecular complexity index is 580. The summed E-state index contributed by atoms with van der Waals surface area (Å²) in [5.41, 5.74) is -6.03. The molecule has 1 aromatic rings. The first-order chi connectivity index (χ1) is 8.04. The minimum Gasteiger partial charge on any atom is -0.478 e. The lowest BCUT2D eigenvalue weighted by atomic mass is 10.1. The number of anilines is 1. The summed E-state index contributed by atoms with van der Waals surface area (Å²) in [6.45, 7) is 1.35. The van der Waals surface area contributed by atoms with Crippen LogP contribution in [0.5, 0.6) is 0 Å². The van der Waals surface area contributed by atoms with E-state index in [9.17, 15) is 26.4 Å². The maximum atomic E-state index is 12.1. The fourth-order valence-electron chi connectivity index (χ4n) is 1.07. The summed E-state index contributed by atoms with van der Waals surface area (Å²) in [7, 11) is -5.56. The SMILES string of the molecule is Cc1ccc(C(=O)O)cc1NS(=O)(=O)C(F)(F)F. The number of aryl methyl sites for hydroxylation is 1. The number of hydrogen-bond acceptors (Lipinski definition) is 3. The zero-order valence-electron chi connectivity index (χ0n) is 8.95. The minimum atomic E-state index is -5.56. The molecule has 0 amide bonds. The number of carbonyl (C=O) groups is 1. The van der Waals surface area contributed by atoms with Gasteiger partial charge in [0.05, 0.1) is 11.3 Å². The predicted octanol–water partition coefficient (Wildman–Crippen LogP) is 1.95. The first-order valence-corrected chi connectivity index (χ1v) is 5.96. The van der Waals surface area contributed by atoms with Gasteiger partial charge in [0, 0.05) is 0 Å². The van der Waals surface area contributed by atoms with Crippen molar-refractivity contribution in [2.45, 2.75) is 12.4 Å². The number of nitrogens with one attached hydrogen (secondary N) is 1. The molecule has 0 aliphatic heterocycles. The number of hydrogen-bond donors (Lipinski definition) is 2. The summed E-state index contributed by atoms with van der Waals surface area (Å²) in [6.07, 6.45) is 0. The van der Waals surface area contributed by atoms with Crippen LogP contribution in [-0.2, 0) is 10.0 Å². The number of benzene rings is 1. The van der Waals surface area contributed by atoms with Crippen LogP contribution in [0.15, 0.2) is 18.2 Å². The molecule has 0 aliphatic carbocycles. The van der Waals surface area contributed by atoms with E-state index in [1.54, 1.807) is 0 Å². The van der Waals surface area contributed by atoms with Crippen LogP contribution in [0.2, 0.25) is 0 Å². The summed E-state index contributed by atoms with van der Waals surface area (Å²) in [4.78, 5) is 10.6. The van der Waals surface area contributed by atoms with Gasteiger partial charge in [0.2, 0.25) is 0 Å². The van der Waals surface area contributed by atoms with E-state index in [1.165, 1.54) is 17.7 Å². The van der Waals surface area contributed by atoms with E-state index >= 15 is 0 Å². The van der Waals surface area contributed by atoms with Crippen LogP contribution in [0.1, 0.15) is 15.9 Å². The molecule has 0 spiro atoms. The zero-order valence-corrected chi connectivity index (χ0v) is 9.76. The molecule has 1 aromatic carbocycles. The molecular formula is C9H8F3NO4S. The third kappa shape index (κ3) is 2.92. The highest BCUT2D eigenvalue weighted by atomic mass is 32.2. The van der Waals surface area contributed by atoms with Gasteiger partial charge in [-0.15, -0.1) is 0 Å². The second-order valence-corrected chi connectivity index (χ2v) is 5.06. The summed E-state index contributed by atoms with van der Waals surface area (Å²) in [6, 6.07) is 3.18. The fourth-order valence-corrected chi connectivity index (χ4v) is 1.69. The fraction of sp³-hybridized carbons (Fsp3) is 0.222. The van der Waals surface area contributed by atoms with Crippen LogP contribution in [-0.4, -0.2) is 25.0 Å². The summed E-state index contributed by atoms with van der Waals surface area (Å²) in [5, 5.41) is 8.66. The maximum Gasteiger partial charge on any atom is 0.516 e. The van der Waals surface area contributed by atoms with Crippen molar-refractivity contribution in [1.29, 1.82) is 0 Å². The molecule has 18 heavy (non-hydrogen) atoms. The van der Waals surface area contributed by atoms with E-state index in [1.807, 2.05) is 0 Å². The highest BCUT2D eigenvalue weighted by Crippen LogP contribution is 2.27. The van der Waals surface area contributed by atoms with Crippen molar-refractivity contribution in [3.8, 4) is 0 Å². The van der Waals surface area contributed by atoms with E-state index in [0.717, 1.165) is 12.1 Å². The molecule has 0 heterocycles. The quantitative estimate of drug-likeness (QED) is 0.888. The molecule has 2 N–H and O–H groups in total. The minimum absolute atomic E-state index is 0.174. The molecule has 9 heteroatoms. The molecule has 5 nitrogen and oxygen atoms in total. The van der Waals surface area contributed by atoms with Gasteiger partial charge in [-0.1, -0.05) is 6.07 Å². The number of aromatic carboxylic acids is 1. The molecule has 100 valence electrons. The van der Waals surface area contributed by atoms with E-state index in [2.05, 4.69) is 0 Å². The number of sulfonamides is 1. The second kappa shape index (κ2) is 4.48. The van der Waals surface area contributed by atoms with Gasteiger partial charge in [0.15, 0.2) is 0 Å². The molecule has 1 rings (SSSR count). The van der Waals surface area contributed by atoms with Crippen molar-refractivity contribution in [1.82, 2.24) is 0 Å². The van der Waals surface area contributed by atoms with Gasteiger partial charge in [0.25, 0.3) is 0 Å². The van der Waals surface area contributed by atoms with E-state index in [4.69, 9.17) is 5.11 Å². The first kappa shape index (κ1) is 14.3. The number of rotatable bonds is 3. The molecular weight excluding hydrogens is 275 g/mol. The monoisotopic (exact) mass is 283 g/mol. The van der Waals surface area contributed by atoms with Crippen LogP contribution >= 0.6 is 0 Å². The van der Waals surface area contributed by atoms with Gasteiger partial charge in [-0.2, -0.15) is 21.6 Å². The Kier molecular flexibility index (Phi) is 3.56. The van der Waals surface area contributed by atoms with Gasteiger partial charge in [-0.25, -0.2) is 4.79 Å². The number of alkyl halides is 3. The first-order valence-electron chi connectivity index (χ1n) is 4.47. The van der Waals surface area contributed by atoms with Gasteiger partial charge >= 0.3 is 21.5 Å². The maximum absolute atomic E-state index is 12.1. The van der Waals surface area contributed by atoms with E-state index in [-0.39, 0.29) is 11.1 Å². The molecule has 0 saturated carbocycles. The molecule has 0 fully saturated rings. The van der Waals surface area contributed by atoms with Crippen LogP contribution in [0.3, 0.4) is 0 Å². The lowest BCUT2D eigenvalue weighted by Crippen LogP contribution is -2.30. The van der Waals surface area contributed by atoms with Crippen LogP contribution in [0.25, 0.3) is 0 Å². The second-order valence-electron chi connectivity index (χ2n) is 3.39. The Hall–Kier alpha value is -1.77. The zero-order chi connectivity index (χ0) is 14.1. The predicted molar refractivity (Wildman–Crippen MR) is 56.7 cm³/mol. The Morgan fingerprint density at radius 2 is 1.89 bits per heavy atom. The van der Waals surface area contributed by atoms with Crippen molar-refractivity contribution in [3.63, 3.8) is 0 Å². The highest BCUT2D eigenvalue weighted by Gasteiger charge is 2.46. The summed E-state index contributed by atoms with van der Waals surface area (Å²) < 4.78 is 59.5. The summed E-state index contributed by atoms with van der Waals surface area (Å²) >= 11 is 0. The average Bonchev–Trinajstić information content (AvgIpc) is 2.18. The van der Waals surface area contributed by atoms with Crippen molar-refractivity contribution >= 4 is 21.7 Å². The van der Waals surface area contributed by atoms with Gasteiger partial charge < -0.3 is 5.11 Å². The molecule has 0 bridgehead atoms. The third-order valence-electron chi connectivity index (χ3n) is 2.03. The van der Waals surface area contributed by atoms with Gasteiger partial charge in [-0.05, 0) is 24.6 Å². The number of halogens is 3. The number of carboxylic acids is 1. The van der Waals surface area contributed by atoms with Crippen LogP contribution < -0.4 is 4.72 Å². The largest absolute Gasteiger partial charge is 0.516 e. The third-order valence-corrected chi connectivity index (χ3v) is 3.13. The van der Waals surface area contributed by atoms with Crippen LogP contribution in [0, 0.1) is 6.92 Å². The Morgan fingerprint density at radius 1 is 1.33 bits per heavy atom. The van der Waals surface area contributed by atoms with E-state index < -0.39 is 27.2 Å². The Labute approximate surface area is 100 Å². The van der Waals surface area contributed by atoms with E-state index in [0.29, 0.717) is 0 Å². The van der Waals surface area contributed by atoms with Crippen molar-refractivity contribution in [3.05, 3.63) is 29.3 Å². The number of carboxylic acid groups (broad SMARTS) is 1.